The molecule has 0 radical (unpaired) electrons. The third kappa shape index (κ3) is 4.94. The lowest BCUT2D eigenvalue weighted by molar-refractivity contribution is 0.0937. The molecular formula is C21H25FN2O4S. The van der Waals surface area contributed by atoms with Crippen LogP contribution < -0.4 is 10.1 Å². The van der Waals surface area contributed by atoms with Crippen molar-refractivity contribution in [3.63, 3.8) is 0 Å². The highest BCUT2D eigenvalue weighted by molar-refractivity contribution is 7.90. The van der Waals surface area contributed by atoms with Crippen molar-refractivity contribution in [2.24, 2.45) is 0 Å². The number of methoxy groups -OCH3 is 1. The van der Waals surface area contributed by atoms with Gasteiger partial charge in [0.1, 0.15) is 16.5 Å². The Morgan fingerprint density at radius 3 is 2.55 bits per heavy atom. The molecule has 29 heavy (non-hydrogen) atoms. The zero-order chi connectivity index (χ0) is 21.0. The summed E-state index contributed by atoms with van der Waals surface area (Å²) in [5.74, 6) is -0.568. The Morgan fingerprint density at radius 2 is 1.90 bits per heavy atom. The number of carbonyl (C=O) groups is 1. The second-order valence-corrected chi connectivity index (χ2v) is 9.11. The van der Waals surface area contributed by atoms with Gasteiger partial charge in [0.25, 0.3) is 5.91 Å². The van der Waals surface area contributed by atoms with Gasteiger partial charge < -0.3 is 10.1 Å². The van der Waals surface area contributed by atoms with Gasteiger partial charge in [-0.25, -0.2) is 12.8 Å². The highest BCUT2D eigenvalue weighted by Gasteiger charge is 2.26. The number of para-hydroxylation sites is 1. The summed E-state index contributed by atoms with van der Waals surface area (Å²) in [7, 11) is -2.15. The number of sulfone groups is 1. The number of amides is 1. The Morgan fingerprint density at radius 1 is 1.21 bits per heavy atom. The van der Waals surface area contributed by atoms with Gasteiger partial charge in [-0.05, 0) is 50.2 Å². The zero-order valence-corrected chi connectivity index (χ0v) is 17.3. The number of nitrogens with zero attached hydrogens (tertiary/aromatic N) is 1. The number of nitrogens with one attached hydrogen (secondary N) is 1. The molecule has 2 aromatic rings. The van der Waals surface area contributed by atoms with Crippen LogP contribution in [0.15, 0.2) is 47.4 Å². The fourth-order valence-electron chi connectivity index (χ4n) is 3.65. The summed E-state index contributed by atoms with van der Waals surface area (Å²) in [5.41, 5.74) is 1.08. The molecule has 1 saturated heterocycles. The lowest BCUT2D eigenvalue weighted by Crippen LogP contribution is -2.37. The van der Waals surface area contributed by atoms with Gasteiger partial charge in [-0.2, -0.15) is 0 Å². The van der Waals surface area contributed by atoms with E-state index in [1.165, 1.54) is 6.07 Å². The summed E-state index contributed by atoms with van der Waals surface area (Å²) in [6.45, 7) is 2.17. The molecular weight excluding hydrogens is 395 g/mol. The van der Waals surface area contributed by atoms with Gasteiger partial charge in [0, 0.05) is 23.9 Å². The van der Waals surface area contributed by atoms with Gasteiger partial charge in [-0.3, -0.25) is 9.69 Å². The minimum Gasteiger partial charge on any atom is -0.496 e. The fourth-order valence-corrected chi connectivity index (χ4v) is 4.41. The van der Waals surface area contributed by atoms with E-state index in [0.29, 0.717) is 6.54 Å². The van der Waals surface area contributed by atoms with E-state index in [2.05, 4.69) is 10.2 Å². The molecule has 1 N–H and O–H groups in total. The summed E-state index contributed by atoms with van der Waals surface area (Å²) in [6, 6.07) is 11.0. The predicted octanol–water partition coefficient (Wildman–Crippen LogP) is 2.80. The van der Waals surface area contributed by atoms with Gasteiger partial charge in [0.2, 0.25) is 0 Å². The molecule has 1 atom stereocenters. The molecule has 156 valence electrons. The first-order valence-corrected chi connectivity index (χ1v) is 11.3. The predicted molar refractivity (Wildman–Crippen MR) is 108 cm³/mol. The van der Waals surface area contributed by atoms with E-state index in [0.717, 1.165) is 55.6 Å². The molecule has 8 heteroatoms. The van der Waals surface area contributed by atoms with Crippen LogP contribution in [0, 0.1) is 5.82 Å². The van der Waals surface area contributed by atoms with E-state index in [1.807, 2.05) is 24.3 Å². The smallest absolute Gasteiger partial charge is 0.251 e. The van der Waals surface area contributed by atoms with Crippen LogP contribution >= 0.6 is 0 Å². The van der Waals surface area contributed by atoms with Gasteiger partial charge in [-0.1, -0.05) is 18.2 Å². The third-order valence-corrected chi connectivity index (χ3v) is 6.24. The van der Waals surface area contributed by atoms with Gasteiger partial charge in [0.15, 0.2) is 9.84 Å². The maximum absolute atomic E-state index is 13.8. The maximum Gasteiger partial charge on any atom is 0.251 e. The molecule has 1 amide bonds. The van der Waals surface area contributed by atoms with Gasteiger partial charge in [0.05, 0.1) is 13.2 Å². The molecule has 1 aliphatic rings. The van der Waals surface area contributed by atoms with Crippen molar-refractivity contribution in [1.29, 1.82) is 0 Å². The van der Waals surface area contributed by atoms with E-state index < -0.39 is 26.5 Å². The van der Waals surface area contributed by atoms with E-state index in [9.17, 15) is 17.6 Å². The quantitative estimate of drug-likeness (QED) is 0.746. The van der Waals surface area contributed by atoms with Crippen LogP contribution in [0.25, 0.3) is 0 Å². The second kappa shape index (κ2) is 8.92. The summed E-state index contributed by atoms with van der Waals surface area (Å²) in [5, 5.41) is 2.87. The normalized spacial score (nSPS) is 15.8. The highest BCUT2D eigenvalue weighted by atomic mass is 32.2. The van der Waals surface area contributed by atoms with Gasteiger partial charge >= 0.3 is 0 Å². The average molecular weight is 421 g/mol. The van der Waals surface area contributed by atoms with Crippen LogP contribution in [-0.4, -0.2) is 52.2 Å². The number of carbonyl (C=O) groups excluding carboxylic acids is 1. The Labute approximate surface area is 170 Å². The van der Waals surface area contributed by atoms with Crippen LogP contribution in [0.4, 0.5) is 4.39 Å². The molecule has 3 rings (SSSR count). The van der Waals surface area contributed by atoms with Crippen molar-refractivity contribution in [2.45, 2.75) is 23.8 Å². The van der Waals surface area contributed by atoms with Crippen molar-refractivity contribution in [1.82, 2.24) is 10.2 Å². The first-order valence-electron chi connectivity index (χ1n) is 9.46. The average Bonchev–Trinajstić information content (AvgIpc) is 3.22. The third-order valence-electron chi connectivity index (χ3n) is 5.13. The number of hydrogen-bond donors (Lipinski definition) is 1. The Bertz CT molecular complexity index is 988. The van der Waals surface area contributed by atoms with E-state index >= 15 is 0 Å². The minimum atomic E-state index is -3.77. The molecule has 0 aromatic heterocycles. The van der Waals surface area contributed by atoms with Crippen molar-refractivity contribution < 1.29 is 22.3 Å². The maximum atomic E-state index is 13.8. The first-order chi connectivity index (χ1) is 13.8. The number of benzene rings is 2. The highest BCUT2D eigenvalue weighted by Crippen LogP contribution is 2.31. The summed E-state index contributed by atoms with van der Waals surface area (Å²) in [6.07, 6.45) is 3.10. The Kier molecular flexibility index (Phi) is 6.54. The van der Waals surface area contributed by atoms with Crippen molar-refractivity contribution in [2.75, 3.05) is 33.0 Å². The molecule has 0 saturated carbocycles. The van der Waals surface area contributed by atoms with Crippen molar-refractivity contribution in [3.05, 3.63) is 59.4 Å². The molecule has 6 nitrogen and oxygen atoms in total. The van der Waals surface area contributed by atoms with E-state index in [1.54, 1.807) is 7.11 Å². The fraction of sp³-hybridized carbons (Fsp3) is 0.381. The zero-order valence-electron chi connectivity index (χ0n) is 16.5. The second-order valence-electron chi connectivity index (χ2n) is 7.13. The molecule has 0 aliphatic carbocycles. The van der Waals surface area contributed by atoms with Gasteiger partial charge in [-0.15, -0.1) is 0 Å². The number of hydrogen-bond acceptors (Lipinski definition) is 5. The number of likely N-dealkylation sites (tertiary alicyclic amines) is 1. The summed E-state index contributed by atoms with van der Waals surface area (Å²) in [4.78, 5) is 14.5. The van der Waals surface area contributed by atoms with Crippen LogP contribution in [-0.2, 0) is 9.84 Å². The lowest BCUT2D eigenvalue weighted by atomic mass is 10.0. The molecule has 0 bridgehead atoms. The number of ether oxygens (including phenoxy) is 1. The lowest BCUT2D eigenvalue weighted by Gasteiger charge is -2.29. The Balaban J connectivity index is 1.82. The van der Waals surface area contributed by atoms with Crippen molar-refractivity contribution in [3.8, 4) is 5.75 Å². The molecule has 1 heterocycles. The first kappa shape index (κ1) is 21.3. The minimum absolute atomic E-state index is 0.0765. The topological polar surface area (TPSA) is 75.7 Å². The number of rotatable bonds is 7. The monoisotopic (exact) mass is 420 g/mol. The van der Waals surface area contributed by atoms with Crippen molar-refractivity contribution >= 4 is 15.7 Å². The van der Waals surface area contributed by atoms with Crippen LogP contribution in [0.3, 0.4) is 0 Å². The molecule has 1 unspecified atom stereocenters. The summed E-state index contributed by atoms with van der Waals surface area (Å²) < 4.78 is 42.8. The standard InChI is InChI=1S/C21H25FN2O4S/c1-28-19-8-4-3-7-16(19)18(24-11-5-6-12-24)14-23-21(25)15-9-10-17(22)20(13-15)29(2,26)27/h3-4,7-10,13,18H,5-6,11-12,14H2,1-2H3,(H,23,25). The molecule has 1 fully saturated rings. The molecule has 1 aliphatic heterocycles. The summed E-state index contributed by atoms with van der Waals surface area (Å²) >= 11 is 0. The van der Waals surface area contributed by atoms with Crippen LogP contribution in [0.2, 0.25) is 0 Å². The largest absolute Gasteiger partial charge is 0.496 e. The van der Waals surface area contributed by atoms with E-state index in [-0.39, 0.29) is 11.6 Å². The molecule has 2 aromatic carbocycles. The van der Waals surface area contributed by atoms with Crippen LogP contribution in [0.5, 0.6) is 5.75 Å². The SMILES string of the molecule is COc1ccccc1C(CNC(=O)c1ccc(F)c(S(C)(=O)=O)c1)N1CCCC1. The molecule has 0 spiro atoms. The Hall–Kier alpha value is -2.45. The van der Waals surface area contributed by atoms with Crippen LogP contribution in [0.1, 0.15) is 34.8 Å². The number of halogens is 1. The van der Waals surface area contributed by atoms with E-state index in [4.69, 9.17) is 4.74 Å².